The SMILES string of the molecule is CC(CN=[N+]=[N-])OC(=O)Cc1ccc(CN=NN)cc1. The molecule has 0 aliphatic carbocycles. The second-order valence-electron chi connectivity index (χ2n) is 4.12. The number of rotatable bonds is 7. The molecular weight excluding hydrogens is 260 g/mol. The van der Waals surface area contributed by atoms with Gasteiger partial charge in [0.25, 0.3) is 0 Å². The van der Waals surface area contributed by atoms with E-state index in [9.17, 15) is 4.79 Å². The van der Waals surface area contributed by atoms with Crippen molar-refractivity contribution in [3.8, 4) is 0 Å². The molecule has 0 amide bonds. The van der Waals surface area contributed by atoms with Gasteiger partial charge in [-0.25, -0.2) is 0 Å². The molecular formula is C12H16N6O2. The summed E-state index contributed by atoms with van der Waals surface area (Å²) in [6, 6.07) is 7.34. The number of nitrogens with zero attached hydrogens (tertiary/aromatic N) is 5. The summed E-state index contributed by atoms with van der Waals surface area (Å²) in [6.45, 7) is 2.21. The monoisotopic (exact) mass is 276 g/mol. The van der Waals surface area contributed by atoms with Gasteiger partial charge in [-0.05, 0) is 23.6 Å². The summed E-state index contributed by atoms with van der Waals surface area (Å²) in [5.41, 5.74) is 9.95. The van der Waals surface area contributed by atoms with Gasteiger partial charge in [-0.1, -0.05) is 34.6 Å². The summed E-state index contributed by atoms with van der Waals surface area (Å²) >= 11 is 0. The molecule has 0 saturated carbocycles. The Hall–Kier alpha value is -2.60. The summed E-state index contributed by atoms with van der Waals surface area (Å²) in [7, 11) is 0. The minimum Gasteiger partial charge on any atom is -0.462 e. The lowest BCUT2D eigenvalue weighted by atomic mass is 10.1. The molecule has 1 atom stereocenters. The van der Waals surface area contributed by atoms with Crippen molar-refractivity contribution >= 4 is 5.97 Å². The lowest BCUT2D eigenvalue weighted by molar-refractivity contribution is -0.146. The Bertz CT molecular complexity index is 507. The van der Waals surface area contributed by atoms with E-state index in [-0.39, 0.29) is 18.9 Å². The Morgan fingerprint density at radius 2 is 2.05 bits per heavy atom. The third kappa shape index (κ3) is 5.83. The zero-order chi connectivity index (χ0) is 14.8. The largest absolute Gasteiger partial charge is 0.462 e. The predicted octanol–water partition coefficient (Wildman–Crippen LogP) is 2.30. The van der Waals surface area contributed by atoms with Crippen LogP contribution in [0.2, 0.25) is 0 Å². The van der Waals surface area contributed by atoms with E-state index in [1.165, 1.54) is 0 Å². The van der Waals surface area contributed by atoms with Crippen LogP contribution in [0, 0.1) is 0 Å². The van der Waals surface area contributed by atoms with Gasteiger partial charge in [-0.15, -0.1) is 0 Å². The Labute approximate surface area is 116 Å². The second kappa shape index (κ2) is 8.49. The molecule has 8 heteroatoms. The molecule has 0 aliphatic heterocycles. The van der Waals surface area contributed by atoms with Gasteiger partial charge in [0.2, 0.25) is 0 Å². The van der Waals surface area contributed by atoms with Crippen molar-refractivity contribution in [3.63, 3.8) is 0 Å². The number of hydrogen-bond acceptors (Lipinski definition) is 5. The standard InChI is InChI=1S/C12H16N6O2/c1-9(7-15-17-13)20-12(19)6-10-2-4-11(5-3-10)8-16-18-14/h2-5,9H,6-8H2,1H3,(H2,14,16). The van der Waals surface area contributed by atoms with Gasteiger partial charge in [0, 0.05) is 4.91 Å². The van der Waals surface area contributed by atoms with Crippen LogP contribution in [0.1, 0.15) is 18.1 Å². The first-order valence-electron chi connectivity index (χ1n) is 6.00. The first-order valence-corrected chi connectivity index (χ1v) is 6.00. The molecule has 106 valence electrons. The average Bonchev–Trinajstić information content (AvgIpc) is 2.44. The fraction of sp³-hybridized carbons (Fsp3) is 0.417. The summed E-state index contributed by atoms with van der Waals surface area (Å²) in [5.74, 6) is 4.56. The number of carbonyl (C=O) groups excluding carboxylic acids is 1. The molecule has 1 unspecified atom stereocenters. The highest BCUT2D eigenvalue weighted by atomic mass is 16.5. The van der Waals surface area contributed by atoms with Crippen molar-refractivity contribution in [1.29, 1.82) is 0 Å². The summed E-state index contributed by atoms with van der Waals surface area (Å²) in [6.07, 6.45) is -0.262. The smallest absolute Gasteiger partial charge is 0.310 e. The molecule has 1 rings (SSSR count). The number of hydrogen-bond donors (Lipinski definition) is 1. The van der Waals surface area contributed by atoms with Crippen LogP contribution >= 0.6 is 0 Å². The van der Waals surface area contributed by atoms with Crippen LogP contribution in [0.25, 0.3) is 10.4 Å². The third-order valence-electron chi connectivity index (χ3n) is 2.44. The molecule has 0 saturated heterocycles. The van der Waals surface area contributed by atoms with Crippen molar-refractivity contribution in [2.75, 3.05) is 6.54 Å². The van der Waals surface area contributed by atoms with Gasteiger partial charge in [-0.3, -0.25) is 4.79 Å². The van der Waals surface area contributed by atoms with E-state index in [4.69, 9.17) is 16.1 Å². The van der Waals surface area contributed by atoms with E-state index in [1.807, 2.05) is 24.3 Å². The quantitative estimate of drug-likeness (QED) is 0.205. The molecule has 1 aromatic rings. The minimum atomic E-state index is -0.428. The zero-order valence-electron chi connectivity index (χ0n) is 11.1. The molecule has 0 radical (unpaired) electrons. The Kier molecular flexibility index (Phi) is 6.56. The maximum atomic E-state index is 11.6. The highest BCUT2D eigenvalue weighted by molar-refractivity contribution is 5.72. The van der Waals surface area contributed by atoms with Crippen LogP contribution in [0.5, 0.6) is 0 Å². The summed E-state index contributed by atoms with van der Waals surface area (Å²) < 4.78 is 5.10. The maximum absolute atomic E-state index is 11.6. The molecule has 0 fully saturated rings. The number of esters is 1. The van der Waals surface area contributed by atoms with E-state index < -0.39 is 6.10 Å². The third-order valence-corrected chi connectivity index (χ3v) is 2.44. The maximum Gasteiger partial charge on any atom is 0.310 e. The average molecular weight is 276 g/mol. The van der Waals surface area contributed by atoms with Crippen molar-refractivity contribution < 1.29 is 9.53 Å². The van der Waals surface area contributed by atoms with Crippen molar-refractivity contribution in [2.45, 2.75) is 26.0 Å². The number of ether oxygens (including phenoxy) is 1. The van der Waals surface area contributed by atoms with Crippen molar-refractivity contribution in [3.05, 3.63) is 45.8 Å². The number of carbonyl (C=O) groups is 1. The molecule has 1 aromatic carbocycles. The van der Waals surface area contributed by atoms with Gasteiger partial charge in [-0.2, -0.15) is 5.11 Å². The first kappa shape index (κ1) is 15.5. The summed E-state index contributed by atoms with van der Waals surface area (Å²) in [5, 5.41) is 10.2. The Balaban J connectivity index is 2.47. The highest BCUT2D eigenvalue weighted by Crippen LogP contribution is 2.08. The molecule has 0 aliphatic rings. The number of nitrogens with two attached hydrogens (primary N) is 1. The molecule has 0 spiro atoms. The van der Waals surface area contributed by atoms with E-state index in [0.29, 0.717) is 6.54 Å². The van der Waals surface area contributed by atoms with E-state index in [2.05, 4.69) is 20.4 Å². The Morgan fingerprint density at radius 3 is 2.65 bits per heavy atom. The van der Waals surface area contributed by atoms with Gasteiger partial charge in [0.05, 0.1) is 19.5 Å². The zero-order valence-corrected chi connectivity index (χ0v) is 11.1. The molecule has 0 bridgehead atoms. The van der Waals surface area contributed by atoms with Crippen LogP contribution in [-0.4, -0.2) is 18.6 Å². The second-order valence-corrected chi connectivity index (χ2v) is 4.12. The molecule has 0 heterocycles. The topological polar surface area (TPSA) is 126 Å². The fourth-order valence-electron chi connectivity index (χ4n) is 1.51. The van der Waals surface area contributed by atoms with Crippen LogP contribution in [0.4, 0.5) is 0 Å². The van der Waals surface area contributed by atoms with Crippen LogP contribution in [0.15, 0.2) is 39.7 Å². The lowest BCUT2D eigenvalue weighted by Gasteiger charge is -2.10. The molecule has 20 heavy (non-hydrogen) atoms. The van der Waals surface area contributed by atoms with E-state index in [1.54, 1.807) is 6.92 Å². The molecule has 8 nitrogen and oxygen atoms in total. The highest BCUT2D eigenvalue weighted by Gasteiger charge is 2.09. The van der Waals surface area contributed by atoms with Crippen LogP contribution in [0.3, 0.4) is 0 Å². The predicted molar refractivity (Wildman–Crippen MR) is 72.5 cm³/mol. The molecule has 2 N–H and O–H groups in total. The van der Waals surface area contributed by atoms with E-state index >= 15 is 0 Å². The lowest BCUT2D eigenvalue weighted by Crippen LogP contribution is -2.18. The Morgan fingerprint density at radius 1 is 1.40 bits per heavy atom. The van der Waals surface area contributed by atoms with Crippen molar-refractivity contribution in [1.82, 2.24) is 0 Å². The van der Waals surface area contributed by atoms with Crippen molar-refractivity contribution in [2.24, 2.45) is 21.3 Å². The number of benzene rings is 1. The van der Waals surface area contributed by atoms with Gasteiger partial charge >= 0.3 is 5.97 Å². The normalized spacial score (nSPS) is 11.8. The fourth-order valence-corrected chi connectivity index (χ4v) is 1.51. The van der Waals surface area contributed by atoms with Gasteiger partial charge < -0.3 is 10.6 Å². The van der Waals surface area contributed by atoms with Gasteiger partial charge in [0.15, 0.2) is 0 Å². The van der Waals surface area contributed by atoms with E-state index in [0.717, 1.165) is 11.1 Å². The summed E-state index contributed by atoms with van der Waals surface area (Å²) in [4.78, 5) is 14.2. The van der Waals surface area contributed by atoms with Crippen LogP contribution in [-0.2, 0) is 22.5 Å². The minimum absolute atomic E-state index is 0.130. The first-order chi connectivity index (χ1) is 9.65. The van der Waals surface area contributed by atoms with Gasteiger partial charge in [0.1, 0.15) is 6.10 Å². The van der Waals surface area contributed by atoms with Crippen LogP contribution < -0.4 is 5.84 Å². The molecule has 0 aromatic heterocycles. The number of azide groups is 1.